The van der Waals surface area contributed by atoms with Crippen LogP contribution in [0.5, 0.6) is 23.0 Å². The van der Waals surface area contributed by atoms with E-state index in [1.165, 1.54) is 57.6 Å². The SMILES string of the molecule is COc1cc(OC)c(F)c(N2Cc3cnc(NCC(O)C(C)O)nc3N(C3CCCC3)C2=O)c1F.COc1cc(OC)c(F)c(N2Cc3cnc(NCC(O)CO)nc3N(C3CCCC3)C2=O)c1F. The molecule has 4 aromatic rings. The summed E-state index contributed by atoms with van der Waals surface area (Å²) in [4.78, 5) is 49.8. The van der Waals surface area contributed by atoms with Crippen molar-refractivity contribution in [3.8, 4) is 23.0 Å². The maximum Gasteiger partial charge on any atom is 0.330 e. The number of halogens is 4. The van der Waals surface area contributed by atoms with Crippen molar-refractivity contribution in [3.63, 3.8) is 0 Å². The number of hydrogen-bond acceptors (Lipinski definition) is 16. The highest BCUT2D eigenvalue weighted by Crippen LogP contribution is 2.44. The van der Waals surface area contributed by atoms with Crippen LogP contribution in [0.2, 0.25) is 0 Å². The molecule has 3 unspecified atom stereocenters. The van der Waals surface area contributed by atoms with Gasteiger partial charge in [-0.25, -0.2) is 37.1 Å². The van der Waals surface area contributed by atoms with Gasteiger partial charge in [-0.3, -0.25) is 19.6 Å². The van der Waals surface area contributed by atoms with Crippen LogP contribution in [-0.2, 0) is 13.1 Å². The summed E-state index contributed by atoms with van der Waals surface area (Å²) >= 11 is 0. The normalized spacial score (nSPS) is 17.5. The number of rotatable bonds is 16. The van der Waals surface area contributed by atoms with Gasteiger partial charge in [0, 0.05) is 60.8 Å². The Balaban J connectivity index is 0.000000204. The number of carbonyl (C=O) groups excluding carboxylic acids is 2. The maximum absolute atomic E-state index is 15.3. The molecule has 4 amide bonds. The van der Waals surface area contributed by atoms with Crippen LogP contribution in [0.3, 0.4) is 0 Å². The van der Waals surface area contributed by atoms with E-state index in [1.807, 2.05) is 0 Å². The Morgan fingerprint density at radius 3 is 1.33 bits per heavy atom. The average Bonchev–Trinajstić information content (AvgIpc) is 4.09. The molecular formula is C45H56F4N10O10. The molecule has 2 aliphatic heterocycles. The van der Waals surface area contributed by atoms with Gasteiger partial charge >= 0.3 is 12.1 Å². The highest BCUT2D eigenvalue weighted by atomic mass is 19.1. The van der Waals surface area contributed by atoms with Crippen molar-refractivity contribution in [2.24, 2.45) is 0 Å². The second-order valence-electron chi connectivity index (χ2n) is 16.9. The first kappa shape index (κ1) is 50.4. The first-order valence-corrected chi connectivity index (χ1v) is 22.4. The van der Waals surface area contributed by atoms with E-state index in [2.05, 4.69) is 30.6 Å². The zero-order valence-corrected chi connectivity index (χ0v) is 38.7. The van der Waals surface area contributed by atoms with Gasteiger partial charge in [-0.2, -0.15) is 9.97 Å². The van der Waals surface area contributed by atoms with E-state index in [0.29, 0.717) is 22.8 Å². The summed E-state index contributed by atoms with van der Waals surface area (Å²) < 4.78 is 81.2. The zero-order valence-electron chi connectivity index (χ0n) is 38.7. The number of nitrogens with zero attached hydrogens (tertiary/aromatic N) is 8. The second kappa shape index (κ2) is 21.9. The van der Waals surface area contributed by atoms with Gasteiger partial charge in [-0.1, -0.05) is 25.7 Å². The first-order chi connectivity index (χ1) is 33.1. The molecule has 0 saturated heterocycles. The molecule has 2 fully saturated rings. The number of aliphatic hydroxyl groups excluding tert-OH is 4. The van der Waals surface area contributed by atoms with Gasteiger partial charge < -0.3 is 50.0 Å². The standard InChI is InChI=1S/C23H29F2N5O5.C22H27F2N5O5/c1-12(31)15(32)10-27-22-26-9-13-11-29(20-18(24)16(34-2)8-17(35-3)19(20)25)23(33)30(21(13)28-22)14-6-4-5-7-14;1-33-15-7-16(34-2)18(24)19(17(15)23)28-10-12-8-25-21(26-9-14(31)11-30)27-20(12)29(22(28)32)13-5-3-4-6-13/h8-9,12,14-15,31-32H,4-7,10-11H2,1-3H3,(H,26,27,28);7-8,13-14,30-31H,3-6,9-11H2,1-2H3,(H,25,26,27). The quantitative estimate of drug-likeness (QED) is 0.0787. The van der Waals surface area contributed by atoms with Crippen molar-refractivity contribution in [1.29, 1.82) is 0 Å². The van der Waals surface area contributed by atoms with Crippen molar-refractivity contribution >= 4 is 47.0 Å². The van der Waals surface area contributed by atoms with E-state index >= 15 is 17.6 Å². The fourth-order valence-corrected chi connectivity index (χ4v) is 8.72. The molecule has 2 aliphatic carbocycles. The minimum atomic E-state index is -1.04. The van der Waals surface area contributed by atoms with Gasteiger partial charge in [0.15, 0.2) is 46.3 Å². The number of aromatic nitrogens is 4. The summed E-state index contributed by atoms with van der Waals surface area (Å²) in [5.74, 6) is -4.05. The van der Waals surface area contributed by atoms with E-state index < -0.39 is 71.6 Å². The van der Waals surface area contributed by atoms with Crippen molar-refractivity contribution in [3.05, 3.63) is 58.9 Å². The van der Waals surface area contributed by atoms with E-state index in [-0.39, 0.29) is 73.2 Å². The third-order valence-electron chi connectivity index (χ3n) is 12.4. The summed E-state index contributed by atoms with van der Waals surface area (Å²) in [5, 5.41) is 43.6. The lowest BCUT2D eigenvalue weighted by molar-refractivity contribution is 0.0399. The van der Waals surface area contributed by atoms with E-state index in [1.54, 1.807) is 0 Å². The smallest absolute Gasteiger partial charge is 0.330 e. The highest BCUT2D eigenvalue weighted by Gasteiger charge is 2.43. The van der Waals surface area contributed by atoms with Crippen molar-refractivity contribution < 1.29 is 66.5 Å². The van der Waals surface area contributed by atoms with Crippen LogP contribution >= 0.6 is 0 Å². The molecule has 0 bridgehead atoms. The topological polar surface area (TPSA) is 241 Å². The van der Waals surface area contributed by atoms with Crippen LogP contribution in [0, 0.1) is 23.3 Å². The molecule has 0 radical (unpaired) electrons. The number of hydrogen-bond donors (Lipinski definition) is 6. The van der Waals surface area contributed by atoms with Gasteiger partial charge in [0.1, 0.15) is 23.0 Å². The number of anilines is 6. The summed E-state index contributed by atoms with van der Waals surface area (Å²) in [7, 11) is 4.98. The monoisotopic (exact) mass is 972 g/mol. The molecular weight excluding hydrogens is 917 g/mol. The predicted octanol–water partition coefficient (Wildman–Crippen LogP) is 5.24. The third-order valence-corrected chi connectivity index (χ3v) is 12.4. The van der Waals surface area contributed by atoms with Crippen molar-refractivity contribution in [1.82, 2.24) is 19.9 Å². The fraction of sp³-hybridized carbons (Fsp3) is 0.511. The lowest BCUT2D eigenvalue weighted by Gasteiger charge is -2.39. The highest BCUT2D eigenvalue weighted by molar-refractivity contribution is 6.07. The maximum atomic E-state index is 15.3. The van der Waals surface area contributed by atoms with Crippen LogP contribution in [0.4, 0.5) is 62.1 Å². The number of carbonyl (C=O) groups is 2. The van der Waals surface area contributed by atoms with Gasteiger partial charge in [-0.15, -0.1) is 0 Å². The van der Waals surface area contributed by atoms with Crippen LogP contribution in [0.25, 0.3) is 0 Å². The van der Waals surface area contributed by atoms with Gasteiger partial charge in [-0.05, 0) is 32.6 Å². The summed E-state index contributed by atoms with van der Waals surface area (Å²) in [6.07, 6.45) is 6.51. The molecule has 20 nitrogen and oxygen atoms in total. The number of benzene rings is 2. The third kappa shape index (κ3) is 10.3. The molecule has 8 rings (SSSR count). The van der Waals surface area contributed by atoms with Gasteiger partial charge in [0.2, 0.25) is 11.9 Å². The van der Waals surface area contributed by atoms with Crippen LogP contribution < -0.4 is 49.2 Å². The Morgan fingerprint density at radius 1 is 0.638 bits per heavy atom. The Kier molecular flexibility index (Phi) is 16.0. The zero-order chi connectivity index (χ0) is 49.7. The second-order valence-corrected chi connectivity index (χ2v) is 16.9. The Hall–Kier alpha value is -6.50. The molecule has 6 N–H and O–H groups in total. The molecule has 0 spiro atoms. The molecule has 4 aliphatic rings. The number of nitrogens with one attached hydrogen (secondary N) is 2. The molecule has 4 heterocycles. The number of methoxy groups -OCH3 is 4. The van der Waals surface area contributed by atoms with E-state index in [0.717, 1.165) is 73.3 Å². The summed E-state index contributed by atoms with van der Waals surface area (Å²) in [5.41, 5.74) is -0.135. The van der Waals surface area contributed by atoms with E-state index in [4.69, 9.17) is 24.1 Å². The number of urea groups is 2. The number of amides is 4. The Bertz CT molecular complexity index is 2440. The van der Waals surface area contributed by atoms with Crippen molar-refractivity contribution in [2.75, 3.05) is 78.4 Å². The Morgan fingerprint density at radius 2 is 1.00 bits per heavy atom. The molecule has 24 heteroatoms. The fourth-order valence-electron chi connectivity index (χ4n) is 8.72. The molecule has 374 valence electrons. The lowest BCUT2D eigenvalue weighted by atomic mass is 10.1. The van der Waals surface area contributed by atoms with Crippen LogP contribution in [0.15, 0.2) is 24.5 Å². The van der Waals surface area contributed by atoms with Gasteiger partial charge in [0.25, 0.3) is 0 Å². The van der Waals surface area contributed by atoms with Crippen molar-refractivity contribution in [2.45, 2.75) is 102 Å². The number of ether oxygens (including phenoxy) is 4. The molecule has 2 saturated carbocycles. The number of fused-ring (bicyclic) bond motifs is 2. The van der Waals surface area contributed by atoms with Crippen LogP contribution in [-0.4, -0.2) is 131 Å². The summed E-state index contributed by atoms with van der Waals surface area (Å²) in [6.45, 7) is 0.708. The molecule has 69 heavy (non-hydrogen) atoms. The number of aliphatic hydroxyl groups is 4. The average molecular weight is 973 g/mol. The van der Waals surface area contributed by atoms with Crippen LogP contribution in [0.1, 0.15) is 69.4 Å². The minimum absolute atomic E-state index is 0.0000195. The van der Waals surface area contributed by atoms with E-state index in [9.17, 15) is 24.9 Å². The summed E-state index contributed by atoms with van der Waals surface area (Å²) in [6, 6.07) is 0.548. The lowest BCUT2D eigenvalue weighted by Crippen LogP contribution is -2.52. The minimum Gasteiger partial charge on any atom is -0.493 e. The van der Waals surface area contributed by atoms with Gasteiger partial charge in [0.05, 0.1) is 66.4 Å². The Labute approximate surface area is 394 Å². The first-order valence-electron chi connectivity index (χ1n) is 22.4. The predicted molar refractivity (Wildman–Crippen MR) is 243 cm³/mol. The largest absolute Gasteiger partial charge is 0.493 e. The molecule has 3 atom stereocenters. The molecule has 2 aromatic carbocycles. The molecule has 2 aromatic heterocycles.